The minimum Gasteiger partial charge on any atom is -0.480 e. The summed E-state index contributed by atoms with van der Waals surface area (Å²) in [5.41, 5.74) is 1.64. The highest BCUT2D eigenvalue weighted by Gasteiger charge is 2.36. The van der Waals surface area contributed by atoms with Crippen molar-refractivity contribution in [1.29, 1.82) is 0 Å². The molecule has 1 fully saturated rings. The summed E-state index contributed by atoms with van der Waals surface area (Å²) >= 11 is 0. The number of aliphatic hydroxyl groups excluding tert-OH is 1. The molecular weight excluding hydrogens is 208 g/mol. The van der Waals surface area contributed by atoms with E-state index in [2.05, 4.69) is 4.98 Å². The van der Waals surface area contributed by atoms with E-state index in [1.165, 1.54) is 0 Å². The van der Waals surface area contributed by atoms with E-state index in [0.29, 0.717) is 6.54 Å². The Morgan fingerprint density at radius 1 is 1.62 bits per heavy atom. The van der Waals surface area contributed by atoms with E-state index < -0.39 is 18.1 Å². The number of carboxylic acid groups (broad SMARTS) is 1. The van der Waals surface area contributed by atoms with Crippen molar-refractivity contribution in [2.24, 2.45) is 0 Å². The molecule has 0 radical (unpaired) electrons. The average molecular weight is 222 g/mol. The molecule has 1 aromatic rings. The van der Waals surface area contributed by atoms with Crippen molar-refractivity contribution in [3.05, 3.63) is 24.0 Å². The van der Waals surface area contributed by atoms with E-state index in [1.807, 2.05) is 13.0 Å². The summed E-state index contributed by atoms with van der Waals surface area (Å²) in [4.78, 5) is 16.8. The van der Waals surface area contributed by atoms with Crippen LogP contribution in [0.25, 0.3) is 0 Å². The number of aliphatic carboxylic acids is 1. The molecule has 0 saturated carbocycles. The third-order valence-electron chi connectivity index (χ3n) is 2.78. The van der Waals surface area contributed by atoms with Crippen LogP contribution in [0.1, 0.15) is 12.1 Å². The Hall–Kier alpha value is -1.62. The van der Waals surface area contributed by atoms with Crippen LogP contribution in [0.2, 0.25) is 0 Å². The molecule has 2 unspecified atom stereocenters. The first-order valence-electron chi connectivity index (χ1n) is 5.18. The standard InChI is InChI=1S/C11H14N2O3/c1-7-4-8(2-3-12-7)13-6-9(14)5-10(13)11(15)16/h2-4,9-10,14H,5-6H2,1H3,(H,15,16). The second kappa shape index (κ2) is 4.09. The van der Waals surface area contributed by atoms with E-state index in [4.69, 9.17) is 5.11 Å². The lowest BCUT2D eigenvalue weighted by molar-refractivity contribution is -0.138. The highest BCUT2D eigenvalue weighted by atomic mass is 16.4. The summed E-state index contributed by atoms with van der Waals surface area (Å²) in [6.45, 7) is 2.21. The largest absolute Gasteiger partial charge is 0.480 e. The Morgan fingerprint density at radius 3 is 3.00 bits per heavy atom. The van der Waals surface area contributed by atoms with Gasteiger partial charge in [0.1, 0.15) is 6.04 Å². The molecule has 0 spiro atoms. The maximum absolute atomic E-state index is 11.0. The van der Waals surface area contributed by atoms with Gasteiger partial charge in [-0.05, 0) is 19.1 Å². The number of hydrogen-bond acceptors (Lipinski definition) is 4. The van der Waals surface area contributed by atoms with Crippen molar-refractivity contribution < 1.29 is 15.0 Å². The number of pyridine rings is 1. The van der Waals surface area contributed by atoms with Gasteiger partial charge in [0.05, 0.1) is 6.10 Å². The average Bonchev–Trinajstić information content (AvgIpc) is 2.60. The molecule has 1 aliphatic rings. The molecule has 2 rings (SSSR count). The number of rotatable bonds is 2. The number of aromatic nitrogens is 1. The summed E-state index contributed by atoms with van der Waals surface area (Å²) in [5, 5.41) is 18.6. The molecule has 1 saturated heterocycles. The van der Waals surface area contributed by atoms with Crippen molar-refractivity contribution in [1.82, 2.24) is 4.98 Å². The highest BCUT2D eigenvalue weighted by Crippen LogP contribution is 2.25. The summed E-state index contributed by atoms with van der Waals surface area (Å²) in [7, 11) is 0. The van der Waals surface area contributed by atoms with Crippen molar-refractivity contribution in [2.75, 3.05) is 11.4 Å². The van der Waals surface area contributed by atoms with Gasteiger partial charge in [0.2, 0.25) is 0 Å². The number of anilines is 1. The molecule has 16 heavy (non-hydrogen) atoms. The maximum atomic E-state index is 11.0. The van der Waals surface area contributed by atoms with E-state index in [-0.39, 0.29) is 6.42 Å². The zero-order valence-electron chi connectivity index (χ0n) is 9.00. The Bertz CT molecular complexity index is 408. The molecule has 5 heteroatoms. The number of hydrogen-bond donors (Lipinski definition) is 2. The number of carboxylic acids is 1. The number of carbonyl (C=O) groups is 1. The van der Waals surface area contributed by atoms with Crippen LogP contribution in [-0.4, -0.2) is 39.9 Å². The Labute approximate surface area is 93.3 Å². The van der Waals surface area contributed by atoms with Crippen LogP contribution in [0.5, 0.6) is 0 Å². The lowest BCUT2D eigenvalue weighted by atomic mass is 10.2. The van der Waals surface area contributed by atoms with Gasteiger partial charge >= 0.3 is 5.97 Å². The van der Waals surface area contributed by atoms with Crippen LogP contribution in [-0.2, 0) is 4.79 Å². The minimum absolute atomic E-state index is 0.275. The molecule has 2 N–H and O–H groups in total. The van der Waals surface area contributed by atoms with Crippen LogP contribution in [0.4, 0.5) is 5.69 Å². The van der Waals surface area contributed by atoms with Crippen molar-refractivity contribution in [3.63, 3.8) is 0 Å². The van der Waals surface area contributed by atoms with Crippen LogP contribution in [0.3, 0.4) is 0 Å². The first-order valence-corrected chi connectivity index (χ1v) is 5.18. The van der Waals surface area contributed by atoms with Crippen molar-refractivity contribution in [3.8, 4) is 0 Å². The molecule has 0 amide bonds. The number of aryl methyl sites for hydroxylation is 1. The van der Waals surface area contributed by atoms with Gasteiger partial charge in [-0.3, -0.25) is 4.98 Å². The SMILES string of the molecule is Cc1cc(N2CC(O)CC2C(=O)O)ccn1. The van der Waals surface area contributed by atoms with Crippen LogP contribution in [0.15, 0.2) is 18.3 Å². The van der Waals surface area contributed by atoms with E-state index >= 15 is 0 Å². The molecule has 0 aliphatic carbocycles. The quantitative estimate of drug-likeness (QED) is 0.758. The number of β-amino-alcohol motifs (C(OH)–C–C–N with tert-alkyl or cyclic N) is 1. The van der Waals surface area contributed by atoms with E-state index in [1.54, 1.807) is 17.2 Å². The van der Waals surface area contributed by atoms with Gasteiger partial charge in [-0.1, -0.05) is 0 Å². The Kier molecular flexibility index (Phi) is 2.78. The molecule has 2 atom stereocenters. The van der Waals surface area contributed by atoms with Gasteiger partial charge in [-0.2, -0.15) is 0 Å². The smallest absolute Gasteiger partial charge is 0.326 e. The topological polar surface area (TPSA) is 73.7 Å². The molecule has 1 aliphatic heterocycles. The minimum atomic E-state index is -0.897. The van der Waals surface area contributed by atoms with Crippen molar-refractivity contribution in [2.45, 2.75) is 25.5 Å². The van der Waals surface area contributed by atoms with Crippen LogP contribution < -0.4 is 4.90 Å². The predicted molar refractivity (Wildman–Crippen MR) is 58.4 cm³/mol. The monoisotopic (exact) mass is 222 g/mol. The van der Waals surface area contributed by atoms with Gasteiger partial charge in [-0.25, -0.2) is 4.79 Å². The van der Waals surface area contributed by atoms with Crippen LogP contribution in [0, 0.1) is 6.92 Å². The molecule has 2 heterocycles. The molecule has 5 nitrogen and oxygen atoms in total. The summed E-state index contributed by atoms with van der Waals surface area (Å²) in [6, 6.07) is 2.95. The van der Waals surface area contributed by atoms with Gasteiger partial charge in [0.15, 0.2) is 0 Å². The van der Waals surface area contributed by atoms with Gasteiger partial charge in [0.25, 0.3) is 0 Å². The first kappa shape index (κ1) is 10.9. The molecule has 1 aromatic heterocycles. The molecule has 86 valence electrons. The summed E-state index contributed by atoms with van der Waals surface area (Å²) in [6.07, 6.45) is 1.35. The molecule has 0 aromatic carbocycles. The zero-order chi connectivity index (χ0) is 11.7. The van der Waals surface area contributed by atoms with Crippen molar-refractivity contribution >= 4 is 11.7 Å². The van der Waals surface area contributed by atoms with Gasteiger partial charge in [0, 0.05) is 30.5 Å². The molecule has 0 bridgehead atoms. The number of nitrogens with zero attached hydrogens (tertiary/aromatic N) is 2. The highest BCUT2D eigenvalue weighted by molar-refractivity contribution is 5.79. The third kappa shape index (κ3) is 1.99. The normalized spacial score (nSPS) is 24.8. The Balaban J connectivity index is 2.28. The summed E-state index contributed by atoms with van der Waals surface area (Å²) < 4.78 is 0. The van der Waals surface area contributed by atoms with E-state index in [9.17, 15) is 9.90 Å². The maximum Gasteiger partial charge on any atom is 0.326 e. The number of aliphatic hydroxyl groups is 1. The first-order chi connectivity index (χ1) is 7.58. The fourth-order valence-electron chi connectivity index (χ4n) is 2.04. The van der Waals surface area contributed by atoms with Gasteiger partial charge in [-0.15, -0.1) is 0 Å². The zero-order valence-corrected chi connectivity index (χ0v) is 9.00. The predicted octanol–water partition coefficient (Wildman–Crippen LogP) is 0.414. The lowest BCUT2D eigenvalue weighted by Crippen LogP contribution is -2.36. The Morgan fingerprint density at radius 2 is 2.38 bits per heavy atom. The fraction of sp³-hybridized carbons (Fsp3) is 0.455. The lowest BCUT2D eigenvalue weighted by Gasteiger charge is -2.23. The fourth-order valence-corrected chi connectivity index (χ4v) is 2.04. The van der Waals surface area contributed by atoms with Gasteiger partial charge < -0.3 is 15.1 Å². The second-order valence-corrected chi connectivity index (χ2v) is 4.05. The third-order valence-corrected chi connectivity index (χ3v) is 2.78. The van der Waals surface area contributed by atoms with E-state index in [0.717, 1.165) is 11.4 Å². The van der Waals surface area contributed by atoms with Crippen LogP contribution >= 0.6 is 0 Å². The molecular formula is C11H14N2O3. The second-order valence-electron chi connectivity index (χ2n) is 4.05. The summed E-state index contributed by atoms with van der Waals surface area (Å²) in [5.74, 6) is -0.897.